The molecule has 0 aliphatic carbocycles. The van der Waals surface area contributed by atoms with Crippen LogP contribution < -0.4 is 16.0 Å². The molecule has 8 heteroatoms. The minimum atomic E-state index is -0.0696. The van der Waals surface area contributed by atoms with Crippen LogP contribution in [0.1, 0.15) is 23.2 Å². The smallest absolute Gasteiger partial charge is 0.251 e. The Morgan fingerprint density at radius 3 is 2.69 bits per heavy atom. The summed E-state index contributed by atoms with van der Waals surface area (Å²) in [5, 5.41) is 11.2. The first-order valence-electron chi connectivity index (χ1n) is 8.28. The van der Waals surface area contributed by atoms with Crippen molar-refractivity contribution in [3.8, 4) is 0 Å². The third kappa shape index (κ3) is 6.32. The van der Waals surface area contributed by atoms with Gasteiger partial charge >= 0.3 is 0 Å². The van der Waals surface area contributed by atoms with Crippen molar-refractivity contribution in [3.63, 3.8) is 0 Å². The first kappa shape index (κ1) is 20.8. The minimum Gasteiger partial charge on any atom is -0.348 e. The van der Waals surface area contributed by atoms with Crippen LogP contribution >= 0.6 is 35.5 Å². The molecule has 1 saturated heterocycles. The monoisotopic (exact) mass is 411 g/mol. The molecule has 0 unspecified atom stereocenters. The van der Waals surface area contributed by atoms with Crippen LogP contribution in [0, 0.1) is 0 Å². The quantitative estimate of drug-likeness (QED) is 0.637. The highest BCUT2D eigenvalue weighted by molar-refractivity contribution is 8.01. The molecule has 1 aliphatic heterocycles. The number of anilines is 1. The molecule has 1 aliphatic rings. The number of halogens is 1. The number of hydrogen-bond donors (Lipinski definition) is 3. The van der Waals surface area contributed by atoms with Gasteiger partial charge in [0.15, 0.2) is 0 Å². The van der Waals surface area contributed by atoms with Crippen LogP contribution in [0.4, 0.5) is 5.69 Å². The summed E-state index contributed by atoms with van der Waals surface area (Å²) in [5.74, 6) is 0.251. The number of thioether (sulfide) groups is 1. The number of benzene rings is 1. The number of hydrogen-bond acceptors (Lipinski definition) is 5. The molecule has 3 rings (SSSR count). The normalized spacial score (nSPS) is 16.4. The van der Waals surface area contributed by atoms with E-state index >= 15 is 0 Å². The van der Waals surface area contributed by atoms with Gasteiger partial charge < -0.3 is 16.0 Å². The van der Waals surface area contributed by atoms with Crippen LogP contribution in [-0.4, -0.2) is 36.7 Å². The first-order chi connectivity index (χ1) is 12.2. The highest BCUT2D eigenvalue weighted by atomic mass is 35.5. The summed E-state index contributed by atoms with van der Waals surface area (Å²) in [6.45, 7) is 1.84. The fourth-order valence-electron chi connectivity index (χ4n) is 2.63. The van der Waals surface area contributed by atoms with Crippen molar-refractivity contribution in [3.05, 3.63) is 47.3 Å². The molecule has 0 bridgehead atoms. The van der Waals surface area contributed by atoms with Crippen LogP contribution in [0.25, 0.3) is 0 Å². The van der Waals surface area contributed by atoms with E-state index in [1.165, 1.54) is 11.8 Å². The molecule has 0 saturated carbocycles. The highest BCUT2D eigenvalue weighted by Crippen LogP contribution is 2.23. The van der Waals surface area contributed by atoms with Gasteiger partial charge in [0.2, 0.25) is 5.91 Å². The van der Waals surface area contributed by atoms with E-state index in [1.807, 2.05) is 17.5 Å². The summed E-state index contributed by atoms with van der Waals surface area (Å²) in [6.07, 6.45) is 2.09. The van der Waals surface area contributed by atoms with Crippen molar-refractivity contribution < 1.29 is 9.59 Å². The van der Waals surface area contributed by atoms with Crippen molar-refractivity contribution in [2.45, 2.75) is 23.1 Å². The Balaban J connectivity index is 0.00000243. The third-order valence-corrected chi connectivity index (χ3v) is 6.03. The number of amides is 2. The van der Waals surface area contributed by atoms with Gasteiger partial charge in [-0.25, -0.2) is 0 Å². The van der Waals surface area contributed by atoms with Crippen LogP contribution in [-0.2, 0) is 4.79 Å². The maximum atomic E-state index is 12.3. The molecular weight excluding hydrogens is 390 g/mol. The lowest BCUT2D eigenvalue weighted by atomic mass is 10.1. The van der Waals surface area contributed by atoms with Crippen molar-refractivity contribution in [1.29, 1.82) is 0 Å². The molecule has 2 amide bonds. The Labute approximate surface area is 167 Å². The average Bonchev–Trinajstić information content (AvgIpc) is 3.15. The van der Waals surface area contributed by atoms with Gasteiger partial charge in [-0.2, -0.15) is 0 Å². The van der Waals surface area contributed by atoms with E-state index < -0.39 is 0 Å². The van der Waals surface area contributed by atoms with Gasteiger partial charge in [-0.3, -0.25) is 9.59 Å². The Bertz CT molecular complexity index is 702. The average molecular weight is 412 g/mol. The van der Waals surface area contributed by atoms with E-state index in [4.69, 9.17) is 0 Å². The lowest BCUT2D eigenvalue weighted by Crippen LogP contribution is -2.45. The maximum Gasteiger partial charge on any atom is 0.251 e. The molecule has 0 radical (unpaired) electrons. The fraction of sp³-hybridized carbons (Fsp3) is 0.333. The largest absolute Gasteiger partial charge is 0.348 e. The molecule has 3 N–H and O–H groups in total. The van der Waals surface area contributed by atoms with E-state index in [1.54, 1.807) is 35.6 Å². The van der Waals surface area contributed by atoms with Gasteiger partial charge in [0, 0.05) is 23.8 Å². The molecular formula is C18H22ClN3O2S2. The Morgan fingerprint density at radius 2 is 2.04 bits per heavy atom. The molecule has 5 nitrogen and oxygen atoms in total. The predicted octanol–water partition coefficient (Wildman–Crippen LogP) is 3.38. The molecule has 1 atom stereocenters. The lowest BCUT2D eigenvalue weighted by molar-refractivity contribution is -0.113. The van der Waals surface area contributed by atoms with Gasteiger partial charge in [-0.1, -0.05) is 6.07 Å². The van der Waals surface area contributed by atoms with Gasteiger partial charge in [-0.15, -0.1) is 35.5 Å². The molecule has 1 aromatic heterocycles. The van der Waals surface area contributed by atoms with E-state index in [9.17, 15) is 9.59 Å². The summed E-state index contributed by atoms with van der Waals surface area (Å²) >= 11 is 3.14. The number of rotatable bonds is 6. The summed E-state index contributed by atoms with van der Waals surface area (Å²) in [7, 11) is 0. The van der Waals surface area contributed by atoms with Crippen LogP contribution in [0.5, 0.6) is 0 Å². The summed E-state index contributed by atoms with van der Waals surface area (Å²) in [4.78, 5) is 24.2. The Morgan fingerprint density at radius 1 is 1.23 bits per heavy atom. The van der Waals surface area contributed by atoms with Crippen molar-refractivity contribution in [2.24, 2.45) is 0 Å². The molecule has 1 fully saturated rings. The second kappa shape index (κ2) is 10.6. The summed E-state index contributed by atoms with van der Waals surface area (Å²) in [5.41, 5.74) is 1.31. The van der Waals surface area contributed by atoms with Gasteiger partial charge in [0.25, 0.3) is 5.91 Å². The zero-order valence-corrected chi connectivity index (χ0v) is 16.6. The summed E-state index contributed by atoms with van der Waals surface area (Å²) in [6, 6.07) is 11.2. The topological polar surface area (TPSA) is 70.2 Å². The van der Waals surface area contributed by atoms with E-state index in [0.717, 1.165) is 30.1 Å². The molecule has 0 spiro atoms. The number of carbonyl (C=O) groups is 2. The van der Waals surface area contributed by atoms with Crippen molar-refractivity contribution in [1.82, 2.24) is 10.6 Å². The van der Waals surface area contributed by atoms with Crippen molar-refractivity contribution >= 4 is 53.0 Å². The maximum absolute atomic E-state index is 12.3. The fourth-order valence-corrected chi connectivity index (χ4v) is 4.21. The molecule has 140 valence electrons. The van der Waals surface area contributed by atoms with Crippen LogP contribution in [0.3, 0.4) is 0 Å². The third-order valence-electron chi connectivity index (χ3n) is 3.90. The Kier molecular flexibility index (Phi) is 8.44. The number of carbonyl (C=O) groups excluding carboxylic acids is 2. The molecule has 2 aromatic rings. The van der Waals surface area contributed by atoms with Crippen LogP contribution in [0.2, 0.25) is 0 Å². The second-order valence-electron chi connectivity index (χ2n) is 5.86. The number of piperidine rings is 1. The molecule has 2 heterocycles. The molecule has 1 aromatic carbocycles. The standard InChI is InChI=1S/C18H21N3O2S2.ClH/c22-16(12-25-17-4-2-10-24-17)20-14-7-5-13(6-8-14)18(23)21-15-3-1-9-19-11-15;/h2,4-8,10,15,19H,1,3,9,11-12H2,(H,20,22)(H,21,23);1H/t15-;/m0./s1. The summed E-state index contributed by atoms with van der Waals surface area (Å²) < 4.78 is 1.12. The zero-order chi connectivity index (χ0) is 17.5. The lowest BCUT2D eigenvalue weighted by Gasteiger charge is -2.23. The second-order valence-corrected chi connectivity index (χ2v) is 8.09. The zero-order valence-electron chi connectivity index (χ0n) is 14.2. The number of thiophene rings is 1. The first-order valence-corrected chi connectivity index (χ1v) is 10.1. The SMILES string of the molecule is Cl.O=C(CSc1cccs1)Nc1ccc(C(=O)N[C@H]2CCCNC2)cc1. The van der Waals surface area contributed by atoms with Gasteiger partial charge in [-0.05, 0) is 55.1 Å². The predicted molar refractivity (Wildman–Crippen MR) is 111 cm³/mol. The Hall–Kier alpha value is -1.54. The van der Waals surface area contributed by atoms with E-state index in [-0.39, 0.29) is 30.3 Å². The van der Waals surface area contributed by atoms with E-state index in [0.29, 0.717) is 17.0 Å². The minimum absolute atomic E-state index is 0. The highest BCUT2D eigenvalue weighted by Gasteiger charge is 2.16. The van der Waals surface area contributed by atoms with Gasteiger partial charge in [0.1, 0.15) is 0 Å². The van der Waals surface area contributed by atoms with Crippen LogP contribution in [0.15, 0.2) is 46.0 Å². The van der Waals surface area contributed by atoms with Crippen molar-refractivity contribution in [2.75, 3.05) is 24.2 Å². The van der Waals surface area contributed by atoms with E-state index in [2.05, 4.69) is 16.0 Å². The van der Waals surface area contributed by atoms with Gasteiger partial charge in [0.05, 0.1) is 9.96 Å². The molecule has 26 heavy (non-hydrogen) atoms. The number of nitrogens with one attached hydrogen (secondary N) is 3.